The second kappa shape index (κ2) is 3.74. The molecule has 1 nitrogen and oxygen atoms in total. The average Bonchev–Trinajstić information content (AvgIpc) is 2.49. The molecule has 0 radical (unpaired) electrons. The van der Waals surface area contributed by atoms with Gasteiger partial charge < -0.3 is 4.74 Å². The standard InChI is InChI=1S/C11H18Br2O/c1-11(2,3)14-10-6-4-5-7(10)9(13)8(6)12/h6-10H,4-5H2,1-3H3/t6-,7+,8-,9-,10?/m1/s1. The van der Waals surface area contributed by atoms with Crippen molar-refractivity contribution in [2.24, 2.45) is 11.8 Å². The Kier molecular flexibility index (Phi) is 3.05. The van der Waals surface area contributed by atoms with Gasteiger partial charge >= 0.3 is 0 Å². The summed E-state index contributed by atoms with van der Waals surface area (Å²) in [6.07, 6.45) is 3.11. The van der Waals surface area contributed by atoms with E-state index in [2.05, 4.69) is 52.6 Å². The smallest absolute Gasteiger partial charge is 0.0660 e. The minimum Gasteiger partial charge on any atom is -0.372 e. The van der Waals surface area contributed by atoms with Crippen LogP contribution >= 0.6 is 31.9 Å². The van der Waals surface area contributed by atoms with E-state index in [9.17, 15) is 0 Å². The van der Waals surface area contributed by atoms with Crippen LogP contribution in [0, 0.1) is 11.8 Å². The summed E-state index contributed by atoms with van der Waals surface area (Å²) in [4.78, 5) is 1.21. The SMILES string of the molecule is CC(C)(C)OC1[C@H]2CC[C@@H]1[C@@H](Br)[C@@H]2Br. The molecule has 0 N–H and O–H groups in total. The molecule has 0 aliphatic heterocycles. The van der Waals surface area contributed by atoms with E-state index in [1.54, 1.807) is 0 Å². The number of hydrogen-bond donors (Lipinski definition) is 0. The van der Waals surface area contributed by atoms with Crippen LogP contribution in [-0.4, -0.2) is 21.4 Å². The molecule has 82 valence electrons. The molecule has 0 aromatic heterocycles. The molecular weight excluding hydrogens is 308 g/mol. The van der Waals surface area contributed by atoms with Gasteiger partial charge in [-0.1, -0.05) is 31.9 Å². The van der Waals surface area contributed by atoms with Gasteiger partial charge in [-0.25, -0.2) is 0 Å². The van der Waals surface area contributed by atoms with Gasteiger partial charge in [0, 0.05) is 9.65 Å². The van der Waals surface area contributed by atoms with E-state index in [1.165, 1.54) is 12.8 Å². The Bertz CT molecular complexity index is 208. The van der Waals surface area contributed by atoms with E-state index in [-0.39, 0.29) is 5.60 Å². The molecule has 0 heterocycles. The number of hydrogen-bond acceptors (Lipinski definition) is 1. The minimum atomic E-state index is -0.00468. The van der Waals surface area contributed by atoms with E-state index in [0.29, 0.717) is 27.6 Å². The summed E-state index contributed by atoms with van der Waals surface area (Å²) in [5.74, 6) is 1.42. The van der Waals surface area contributed by atoms with Crippen molar-refractivity contribution in [1.82, 2.24) is 0 Å². The molecule has 2 aliphatic rings. The fraction of sp³-hybridized carbons (Fsp3) is 1.00. The summed E-state index contributed by atoms with van der Waals surface area (Å²) in [5, 5.41) is 0. The minimum absolute atomic E-state index is 0.00468. The monoisotopic (exact) mass is 324 g/mol. The van der Waals surface area contributed by atoms with Crippen LogP contribution in [0.4, 0.5) is 0 Å². The predicted octanol–water partition coefficient (Wildman–Crippen LogP) is 3.74. The summed E-state index contributed by atoms with van der Waals surface area (Å²) in [6.45, 7) is 6.45. The van der Waals surface area contributed by atoms with Gasteiger partial charge in [-0.15, -0.1) is 0 Å². The molecule has 2 rings (SSSR count). The molecule has 2 bridgehead atoms. The van der Waals surface area contributed by atoms with Gasteiger partial charge in [0.2, 0.25) is 0 Å². The Morgan fingerprint density at radius 3 is 1.79 bits per heavy atom. The molecule has 1 unspecified atom stereocenters. The quantitative estimate of drug-likeness (QED) is 0.667. The van der Waals surface area contributed by atoms with E-state index in [1.807, 2.05) is 0 Å². The number of ether oxygens (including phenoxy) is 1. The van der Waals surface area contributed by atoms with Crippen LogP contribution in [0.25, 0.3) is 0 Å². The van der Waals surface area contributed by atoms with Gasteiger partial charge in [-0.05, 0) is 45.4 Å². The lowest BCUT2D eigenvalue weighted by Crippen LogP contribution is -2.31. The molecule has 0 spiro atoms. The zero-order valence-electron chi connectivity index (χ0n) is 8.97. The zero-order valence-corrected chi connectivity index (χ0v) is 12.1. The molecule has 0 saturated heterocycles. The highest BCUT2D eigenvalue weighted by atomic mass is 79.9. The number of halogens is 2. The van der Waals surface area contributed by atoms with Gasteiger partial charge in [-0.2, -0.15) is 0 Å². The topological polar surface area (TPSA) is 9.23 Å². The fourth-order valence-corrected chi connectivity index (χ4v) is 4.68. The van der Waals surface area contributed by atoms with Crippen molar-refractivity contribution in [3.05, 3.63) is 0 Å². The number of alkyl halides is 2. The molecule has 3 heteroatoms. The number of fused-ring (bicyclic) bond motifs is 2. The molecule has 2 fully saturated rings. The number of rotatable bonds is 1. The first-order valence-electron chi connectivity index (χ1n) is 5.36. The summed E-state index contributed by atoms with van der Waals surface area (Å²) in [7, 11) is 0. The van der Waals surface area contributed by atoms with Gasteiger partial charge in [0.1, 0.15) is 0 Å². The highest BCUT2D eigenvalue weighted by molar-refractivity contribution is 9.12. The second-order valence-corrected chi connectivity index (χ2v) is 7.60. The summed E-state index contributed by atoms with van der Waals surface area (Å²) in [5.41, 5.74) is -0.00468. The molecule has 5 atom stereocenters. The third-order valence-corrected chi connectivity index (χ3v) is 6.50. The van der Waals surface area contributed by atoms with E-state index in [0.717, 1.165) is 0 Å². The first-order valence-corrected chi connectivity index (χ1v) is 7.19. The van der Waals surface area contributed by atoms with Crippen molar-refractivity contribution in [3.8, 4) is 0 Å². The van der Waals surface area contributed by atoms with Crippen molar-refractivity contribution < 1.29 is 4.74 Å². The highest BCUT2D eigenvalue weighted by Crippen LogP contribution is 2.53. The van der Waals surface area contributed by atoms with E-state index in [4.69, 9.17) is 4.74 Å². The van der Waals surface area contributed by atoms with E-state index >= 15 is 0 Å². The summed E-state index contributed by atoms with van der Waals surface area (Å²) >= 11 is 7.56. The zero-order chi connectivity index (χ0) is 10.5. The maximum atomic E-state index is 6.17. The van der Waals surface area contributed by atoms with Crippen LogP contribution in [-0.2, 0) is 4.74 Å². The first kappa shape index (κ1) is 11.4. The Morgan fingerprint density at radius 2 is 1.43 bits per heavy atom. The van der Waals surface area contributed by atoms with Crippen molar-refractivity contribution in [2.75, 3.05) is 0 Å². The van der Waals surface area contributed by atoms with Gasteiger partial charge in [-0.3, -0.25) is 0 Å². The molecule has 0 aromatic carbocycles. The van der Waals surface area contributed by atoms with Crippen LogP contribution in [0.2, 0.25) is 0 Å². The predicted molar refractivity (Wildman–Crippen MR) is 66.3 cm³/mol. The van der Waals surface area contributed by atoms with E-state index < -0.39 is 0 Å². The second-order valence-electron chi connectivity index (χ2n) is 5.49. The Labute approximate surface area is 103 Å². The van der Waals surface area contributed by atoms with Crippen molar-refractivity contribution in [1.29, 1.82) is 0 Å². The normalized spacial score (nSPS) is 47.4. The lowest BCUT2D eigenvalue weighted by atomic mass is 10.0. The van der Waals surface area contributed by atoms with Crippen LogP contribution in [0.15, 0.2) is 0 Å². The van der Waals surface area contributed by atoms with Crippen LogP contribution < -0.4 is 0 Å². The summed E-state index contributed by atoms with van der Waals surface area (Å²) < 4.78 is 6.17. The van der Waals surface area contributed by atoms with Crippen molar-refractivity contribution >= 4 is 31.9 Å². The first-order chi connectivity index (χ1) is 6.40. The van der Waals surface area contributed by atoms with Gasteiger partial charge in [0.25, 0.3) is 0 Å². The van der Waals surface area contributed by atoms with Crippen LogP contribution in [0.3, 0.4) is 0 Å². The Balaban J connectivity index is 2.08. The van der Waals surface area contributed by atoms with Crippen molar-refractivity contribution in [3.63, 3.8) is 0 Å². The molecular formula is C11H18Br2O. The lowest BCUT2D eigenvalue weighted by Gasteiger charge is -2.28. The molecule has 0 amide bonds. The van der Waals surface area contributed by atoms with Gasteiger partial charge in [0.05, 0.1) is 11.7 Å². The Morgan fingerprint density at radius 1 is 1.00 bits per heavy atom. The molecule has 0 aromatic rings. The third kappa shape index (κ3) is 1.92. The van der Waals surface area contributed by atoms with Crippen LogP contribution in [0.5, 0.6) is 0 Å². The molecule has 2 saturated carbocycles. The highest BCUT2D eigenvalue weighted by Gasteiger charge is 2.54. The summed E-state index contributed by atoms with van der Waals surface area (Å²) in [6, 6.07) is 0. The lowest BCUT2D eigenvalue weighted by molar-refractivity contribution is -0.0783. The Hall–Kier alpha value is 0.920. The average molecular weight is 326 g/mol. The fourth-order valence-electron chi connectivity index (χ4n) is 2.77. The maximum Gasteiger partial charge on any atom is 0.0660 e. The largest absolute Gasteiger partial charge is 0.372 e. The maximum absolute atomic E-state index is 6.17. The van der Waals surface area contributed by atoms with Crippen molar-refractivity contribution in [2.45, 2.75) is 55.0 Å². The third-order valence-electron chi connectivity index (χ3n) is 3.29. The van der Waals surface area contributed by atoms with Crippen LogP contribution in [0.1, 0.15) is 33.6 Å². The molecule has 2 aliphatic carbocycles. The van der Waals surface area contributed by atoms with Gasteiger partial charge in [0.15, 0.2) is 0 Å². The molecule has 14 heavy (non-hydrogen) atoms.